The molecule has 4 heterocycles. The Hall–Kier alpha value is 1.65. The second kappa shape index (κ2) is 38.4. The van der Waals surface area contributed by atoms with Crippen molar-refractivity contribution in [2.24, 2.45) is 0 Å². The van der Waals surface area contributed by atoms with Crippen LogP contribution in [-0.2, 0) is 35.2 Å². The molecule has 2 aliphatic heterocycles. The van der Waals surface area contributed by atoms with E-state index in [9.17, 15) is 54.3 Å². The summed E-state index contributed by atoms with van der Waals surface area (Å²) in [6, 6.07) is 10.8. The summed E-state index contributed by atoms with van der Waals surface area (Å²) >= 11 is 6.79. The van der Waals surface area contributed by atoms with Gasteiger partial charge in [0.15, 0.2) is 23.1 Å². The minimum atomic E-state index is -4.19. The van der Waals surface area contributed by atoms with Gasteiger partial charge in [-0.05, 0) is 60.6 Å². The van der Waals surface area contributed by atoms with Gasteiger partial charge in [-0.3, -0.25) is 19.5 Å². The largest absolute Gasteiger partial charge is 1.00 e. The number of nitrogens with zero attached hydrogens (tertiary/aromatic N) is 5. The first-order chi connectivity index (χ1) is 32.4. The smallest absolute Gasteiger partial charge is 0.549 e. The van der Waals surface area contributed by atoms with Gasteiger partial charge in [-0.2, -0.15) is 0 Å². The number of hydrogen-bond donors (Lipinski definition) is 3. The normalized spacial score (nSPS) is 13.1. The first-order valence-corrected chi connectivity index (χ1v) is 22.7. The monoisotopic (exact) mass is 1180 g/mol. The van der Waals surface area contributed by atoms with Crippen LogP contribution >= 0.6 is 23.6 Å². The van der Waals surface area contributed by atoms with Crippen molar-refractivity contribution in [1.29, 1.82) is 0 Å². The fourth-order valence-corrected chi connectivity index (χ4v) is 8.67. The maximum absolute atomic E-state index is 15.7. The zero-order valence-electron chi connectivity index (χ0n) is 41.6. The molecular weight excluding hydrogens is 1130 g/mol. The summed E-state index contributed by atoms with van der Waals surface area (Å²) in [6.45, 7) is -8.43. The van der Waals surface area contributed by atoms with Gasteiger partial charge in [0, 0.05) is 113 Å². The molecule has 0 aliphatic carbocycles. The predicted octanol–water partition coefficient (Wildman–Crippen LogP) is -19.2. The average molecular weight is 1180 g/mol. The summed E-state index contributed by atoms with van der Waals surface area (Å²) in [4.78, 5) is 73.5. The molecule has 5 rings (SSSR count). The van der Waals surface area contributed by atoms with E-state index in [0.29, 0.717) is 47.3 Å². The first kappa shape index (κ1) is 74.6. The molecular formula is C43H48BF2K5N8O12S2. The molecule has 0 fully saturated rings. The van der Waals surface area contributed by atoms with Gasteiger partial charge in [0.05, 0.1) is 34.7 Å². The number of ether oxygens (including phenoxy) is 1. The van der Waals surface area contributed by atoms with E-state index in [-0.39, 0.29) is 307 Å². The summed E-state index contributed by atoms with van der Waals surface area (Å²) in [5.41, 5.74) is 2.24. The van der Waals surface area contributed by atoms with Crippen LogP contribution in [-0.4, -0.2) is 155 Å². The molecule has 1 amide bonds. The number of aliphatic carboxylic acids is 5. The molecule has 3 aromatic rings. The SMILES string of the molecule is O=C([O-])CN(CCN(CC(=O)[O-])CC(Cc1ccc(NC(=S)NCCCCCCNC(=O)COc2cc3n(c2)[B-](F)(F)[N+]2=C(c4cccs4)C=CC2=C3)cc1)N(CC(=O)[O-])CC(=O)[O-])CC(=O)[O-].[K+].[K+].[K+].[K+].[K+]. The van der Waals surface area contributed by atoms with Gasteiger partial charge in [-0.1, -0.05) is 31.0 Å². The molecule has 0 saturated heterocycles. The van der Waals surface area contributed by atoms with Crippen LogP contribution in [0, 0.1) is 0 Å². The molecule has 20 nitrogen and oxygen atoms in total. The van der Waals surface area contributed by atoms with Gasteiger partial charge in [0.25, 0.3) is 5.91 Å². The van der Waals surface area contributed by atoms with Gasteiger partial charge in [0.2, 0.25) is 0 Å². The molecule has 2 aromatic heterocycles. The van der Waals surface area contributed by atoms with Crippen molar-refractivity contribution in [3.63, 3.8) is 0 Å². The van der Waals surface area contributed by atoms with Crippen LogP contribution in [0.5, 0.6) is 5.75 Å². The second-order valence-corrected chi connectivity index (χ2v) is 17.3. The number of thiophene rings is 1. The van der Waals surface area contributed by atoms with E-state index in [0.717, 1.165) is 42.9 Å². The number of anilines is 1. The molecule has 1 aromatic carbocycles. The Bertz CT molecular complexity index is 2390. The number of aromatic nitrogens is 1. The quantitative estimate of drug-likeness (QED) is 0.0318. The van der Waals surface area contributed by atoms with E-state index in [1.807, 2.05) is 11.4 Å². The zero-order valence-corrected chi connectivity index (χ0v) is 58.9. The molecule has 0 saturated carbocycles. The van der Waals surface area contributed by atoms with E-state index in [1.165, 1.54) is 28.5 Å². The van der Waals surface area contributed by atoms with Gasteiger partial charge in [-0.15, -0.1) is 11.3 Å². The Balaban J connectivity index is 0.0000104. The van der Waals surface area contributed by atoms with Crippen LogP contribution in [0.15, 0.2) is 71.9 Å². The third-order valence-electron chi connectivity index (χ3n) is 10.7. The molecule has 3 N–H and O–H groups in total. The van der Waals surface area contributed by atoms with Crippen LogP contribution in [0.3, 0.4) is 0 Å². The standard InChI is InChI=1S/C43H53BF2N8O12S2.5K/c45-44(46)53-22-34(20-32(53)19-31-11-12-35(54(31)44)36-6-5-17-68-36)66-28-37(55)47-13-3-1-2-4-14-48-43(67)49-30-9-7-29(8-10-30)18-33(52(26-41(62)63)27-42(64)65)21-50(23-38(56)57)15-16-51(24-39(58)59)25-40(60)61;;;;;/h5-12,17,19-20,22,33H,1-4,13-16,18,21,23-28H2,(H,47,55)(H,56,57)(H,58,59)(H,60,61)(H,62,63)(H,64,65)(H2,48,49,67);;;;;/q;5*+1/p-5. The van der Waals surface area contributed by atoms with Crippen LogP contribution < -0.4 is 303 Å². The van der Waals surface area contributed by atoms with Gasteiger partial charge in [0.1, 0.15) is 5.75 Å². The number of benzene rings is 1. The summed E-state index contributed by atoms with van der Waals surface area (Å²) in [7, 11) is 0. The van der Waals surface area contributed by atoms with Crippen molar-refractivity contribution in [1.82, 2.24) is 29.8 Å². The van der Waals surface area contributed by atoms with Crippen LogP contribution in [0.2, 0.25) is 0 Å². The molecule has 366 valence electrons. The Kier molecular flexibility index (Phi) is 39.2. The summed E-state index contributed by atoms with van der Waals surface area (Å²) in [5.74, 6) is -8.19. The van der Waals surface area contributed by atoms with Crippen molar-refractivity contribution in [3.05, 3.63) is 88.0 Å². The third kappa shape index (κ3) is 26.0. The van der Waals surface area contributed by atoms with E-state index >= 15 is 8.63 Å². The van der Waals surface area contributed by atoms with E-state index in [1.54, 1.807) is 48.6 Å². The van der Waals surface area contributed by atoms with Gasteiger partial charge >= 0.3 is 264 Å². The maximum atomic E-state index is 15.7. The van der Waals surface area contributed by atoms with Crippen LogP contribution in [0.1, 0.15) is 41.8 Å². The van der Waals surface area contributed by atoms with Crippen molar-refractivity contribution in [3.8, 4) is 5.75 Å². The summed E-state index contributed by atoms with van der Waals surface area (Å²) in [6.07, 6.45) is 9.27. The number of allylic oxidation sites excluding steroid dienone is 2. The van der Waals surface area contributed by atoms with E-state index < -0.39 is 75.6 Å². The number of rotatable bonds is 30. The second-order valence-electron chi connectivity index (χ2n) is 15.9. The number of amides is 1. The molecule has 1 atom stereocenters. The maximum Gasteiger partial charge on any atom is 1.00 e. The predicted molar refractivity (Wildman–Crippen MR) is 238 cm³/mol. The van der Waals surface area contributed by atoms with Crippen molar-refractivity contribution in [2.45, 2.75) is 38.1 Å². The molecule has 30 heteroatoms. The number of carboxylic acid groups (broad SMARTS) is 5. The van der Waals surface area contributed by atoms with E-state index in [2.05, 4.69) is 16.0 Å². The molecule has 0 bridgehead atoms. The number of carboxylic acids is 5. The number of fused-ring (bicyclic) bond motifs is 2. The van der Waals surface area contributed by atoms with E-state index in [4.69, 9.17) is 17.0 Å². The third-order valence-corrected chi connectivity index (χ3v) is 11.9. The number of halogens is 2. The Labute approximate surface area is 643 Å². The van der Waals surface area contributed by atoms with Crippen molar-refractivity contribution >= 4 is 88.9 Å². The topological polar surface area (TPSA) is 281 Å². The minimum Gasteiger partial charge on any atom is -0.549 e. The van der Waals surface area contributed by atoms with Crippen molar-refractivity contribution in [2.75, 3.05) is 77.4 Å². The molecule has 2 aliphatic rings. The average Bonchev–Trinajstić information content (AvgIpc) is 4.04. The molecule has 1 unspecified atom stereocenters. The fraction of sp³-hybridized carbons (Fsp3) is 0.395. The number of unbranched alkanes of at least 4 members (excludes halogenated alkanes) is 3. The Morgan fingerprint density at radius 1 is 0.753 bits per heavy atom. The Morgan fingerprint density at radius 3 is 1.88 bits per heavy atom. The number of nitrogens with one attached hydrogen (secondary N) is 3. The van der Waals surface area contributed by atoms with Gasteiger partial charge < -0.3 is 87.8 Å². The Morgan fingerprint density at radius 2 is 1.32 bits per heavy atom. The first-order valence-electron chi connectivity index (χ1n) is 21.4. The summed E-state index contributed by atoms with van der Waals surface area (Å²) in [5, 5.41) is 68.2. The molecule has 0 radical (unpaired) electrons. The number of carbonyl (C=O) groups is 6. The van der Waals surface area contributed by atoms with Crippen LogP contribution in [0.4, 0.5) is 14.3 Å². The van der Waals surface area contributed by atoms with Gasteiger partial charge in [-0.25, -0.2) is 0 Å². The summed E-state index contributed by atoms with van der Waals surface area (Å²) < 4.78 is 39.0. The number of carbonyl (C=O) groups excluding carboxylic acids is 6. The number of hydrogen-bond acceptors (Lipinski definition) is 17. The molecule has 0 spiro atoms. The zero-order chi connectivity index (χ0) is 49.4. The minimum absolute atomic E-state index is 0. The molecule has 73 heavy (non-hydrogen) atoms. The fourth-order valence-electron chi connectivity index (χ4n) is 7.70. The van der Waals surface area contributed by atoms with Crippen LogP contribution in [0.25, 0.3) is 6.08 Å². The number of thiocarbonyl (C=S) groups is 1. The van der Waals surface area contributed by atoms with Crippen molar-refractivity contribution < 1.29 is 329 Å².